The first kappa shape index (κ1) is 18.1. The molecule has 1 aliphatic heterocycles. The first-order valence-electron chi connectivity index (χ1n) is 9.15. The maximum Gasteiger partial charge on any atom is 0.228 e. The normalized spacial score (nSPS) is 17.9. The van der Waals surface area contributed by atoms with E-state index in [1.807, 2.05) is 20.8 Å². The van der Waals surface area contributed by atoms with E-state index in [1.54, 1.807) is 0 Å². The number of rotatable bonds is 4. The maximum atomic E-state index is 12.9. The van der Waals surface area contributed by atoms with E-state index in [1.165, 1.54) is 10.6 Å². The van der Waals surface area contributed by atoms with Crippen molar-refractivity contribution in [2.24, 2.45) is 5.41 Å². The van der Waals surface area contributed by atoms with E-state index >= 15 is 0 Å². The van der Waals surface area contributed by atoms with Gasteiger partial charge < -0.3 is 4.90 Å². The summed E-state index contributed by atoms with van der Waals surface area (Å²) in [5.41, 5.74) is -0.301. The van der Waals surface area contributed by atoms with Gasteiger partial charge in [-0.1, -0.05) is 81.4 Å². The Morgan fingerprint density at radius 2 is 1.52 bits per heavy atom. The molecule has 3 heteroatoms. The van der Waals surface area contributed by atoms with Crippen molar-refractivity contribution in [1.82, 2.24) is 4.90 Å². The molecule has 2 aromatic carbocycles. The smallest absolute Gasteiger partial charge is 0.228 e. The molecular formula is C22H28NOP. The van der Waals surface area contributed by atoms with Gasteiger partial charge in [-0.2, -0.15) is 0 Å². The molecule has 0 saturated carbocycles. The van der Waals surface area contributed by atoms with Gasteiger partial charge in [0.15, 0.2) is 0 Å². The summed E-state index contributed by atoms with van der Waals surface area (Å²) in [5.74, 6) is 0.297. The average Bonchev–Trinajstić information content (AvgIpc) is 3.07. The molecule has 1 saturated heterocycles. The molecule has 1 fully saturated rings. The van der Waals surface area contributed by atoms with Crippen LogP contribution in [0.15, 0.2) is 60.7 Å². The first-order chi connectivity index (χ1) is 12.0. The highest BCUT2D eigenvalue weighted by atomic mass is 31.1. The molecule has 1 heterocycles. The van der Waals surface area contributed by atoms with Crippen LogP contribution in [0.1, 0.15) is 33.6 Å². The molecular weight excluding hydrogens is 325 g/mol. The highest BCUT2D eigenvalue weighted by Crippen LogP contribution is 2.38. The third kappa shape index (κ3) is 4.30. The fraction of sp³-hybridized carbons (Fsp3) is 0.409. The van der Waals surface area contributed by atoms with Crippen molar-refractivity contribution in [3.8, 4) is 0 Å². The van der Waals surface area contributed by atoms with Crippen LogP contribution in [0.25, 0.3) is 0 Å². The van der Waals surface area contributed by atoms with E-state index in [9.17, 15) is 4.79 Å². The minimum absolute atomic E-state index is 0.297. The molecule has 25 heavy (non-hydrogen) atoms. The second kappa shape index (κ2) is 7.70. The fourth-order valence-electron chi connectivity index (χ4n) is 3.51. The van der Waals surface area contributed by atoms with Crippen LogP contribution >= 0.6 is 7.92 Å². The van der Waals surface area contributed by atoms with Crippen LogP contribution in [0.4, 0.5) is 0 Å². The van der Waals surface area contributed by atoms with Crippen LogP contribution in [0.3, 0.4) is 0 Å². The van der Waals surface area contributed by atoms with E-state index in [0.29, 0.717) is 11.9 Å². The summed E-state index contributed by atoms with van der Waals surface area (Å²) < 4.78 is 0. The molecule has 0 N–H and O–H groups in total. The van der Waals surface area contributed by atoms with Gasteiger partial charge in [0.2, 0.25) is 5.91 Å². The van der Waals surface area contributed by atoms with Crippen molar-refractivity contribution in [2.75, 3.05) is 12.7 Å². The molecule has 0 spiro atoms. The zero-order valence-corrected chi connectivity index (χ0v) is 16.4. The number of carbonyl (C=O) groups is 1. The predicted octanol–water partition coefficient (Wildman–Crippen LogP) is 4.16. The van der Waals surface area contributed by atoms with Crippen LogP contribution < -0.4 is 10.6 Å². The summed E-state index contributed by atoms with van der Waals surface area (Å²) in [5, 5.41) is 2.80. The van der Waals surface area contributed by atoms with Crippen LogP contribution in [0, 0.1) is 5.41 Å². The van der Waals surface area contributed by atoms with Crippen LogP contribution in [-0.4, -0.2) is 29.6 Å². The highest BCUT2D eigenvalue weighted by molar-refractivity contribution is 7.73. The van der Waals surface area contributed by atoms with E-state index in [0.717, 1.165) is 25.5 Å². The maximum absolute atomic E-state index is 12.9. The predicted molar refractivity (Wildman–Crippen MR) is 108 cm³/mol. The van der Waals surface area contributed by atoms with Crippen molar-refractivity contribution in [1.29, 1.82) is 0 Å². The minimum Gasteiger partial charge on any atom is -0.339 e. The summed E-state index contributed by atoms with van der Waals surface area (Å²) >= 11 is 0. The molecule has 0 aliphatic carbocycles. The molecule has 0 unspecified atom stereocenters. The number of carbonyl (C=O) groups excluding carboxylic acids is 1. The van der Waals surface area contributed by atoms with Gasteiger partial charge in [0.25, 0.3) is 0 Å². The standard InChI is InChI=1S/C22H28NOP/c1-22(2,3)21(24)23-16-10-11-18(23)17-25(19-12-6-4-7-13-19)20-14-8-5-9-15-20/h4-9,12-15,18H,10-11,16-17H2,1-3H3/t18-/m0/s1. The topological polar surface area (TPSA) is 20.3 Å². The quantitative estimate of drug-likeness (QED) is 0.756. The largest absolute Gasteiger partial charge is 0.339 e. The lowest BCUT2D eigenvalue weighted by Crippen LogP contribution is -2.44. The summed E-state index contributed by atoms with van der Waals surface area (Å²) in [7, 11) is -0.443. The minimum atomic E-state index is -0.443. The lowest BCUT2D eigenvalue weighted by Gasteiger charge is -2.33. The van der Waals surface area contributed by atoms with Gasteiger partial charge in [0.1, 0.15) is 0 Å². The molecule has 1 amide bonds. The van der Waals surface area contributed by atoms with E-state index in [4.69, 9.17) is 0 Å². The summed E-state index contributed by atoms with van der Waals surface area (Å²) in [6, 6.07) is 22.0. The van der Waals surface area contributed by atoms with Crippen LogP contribution in [0.2, 0.25) is 0 Å². The Bertz CT molecular complexity index is 653. The SMILES string of the molecule is CC(C)(C)C(=O)N1CCC[C@H]1CP(c1ccccc1)c1ccccc1. The highest BCUT2D eigenvalue weighted by Gasteiger charge is 2.36. The van der Waals surface area contributed by atoms with Gasteiger partial charge in [0.05, 0.1) is 0 Å². The molecule has 3 rings (SSSR count). The third-order valence-corrected chi connectivity index (χ3v) is 7.44. The lowest BCUT2D eigenvalue weighted by atomic mass is 9.94. The Kier molecular flexibility index (Phi) is 5.59. The van der Waals surface area contributed by atoms with Crippen LogP contribution in [-0.2, 0) is 4.79 Å². The first-order valence-corrected chi connectivity index (χ1v) is 10.7. The van der Waals surface area contributed by atoms with Gasteiger partial charge in [-0.3, -0.25) is 4.79 Å². The monoisotopic (exact) mass is 353 g/mol. The average molecular weight is 353 g/mol. The number of hydrogen-bond acceptors (Lipinski definition) is 1. The lowest BCUT2D eigenvalue weighted by molar-refractivity contribution is -0.139. The molecule has 0 radical (unpaired) electrons. The number of amides is 1. The van der Waals surface area contributed by atoms with Crippen molar-refractivity contribution in [3.05, 3.63) is 60.7 Å². The summed E-state index contributed by atoms with van der Waals surface area (Å²) in [6.45, 7) is 7.00. The van der Waals surface area contributed by atoms with Crippen molar-refractivity contribution < 1.29 is 4.79 Å². The number of benzene rings is 2. The summed E-state index contributed by atoms with van der Waals surface area (Å²) in [6.07, 6.45) is 3.31. The molecule has 2 aromatic rings. The Hall–Kier alpha value is -1.66. The van der Waals surface area contributed by atoms with Gasteiger partial charge in [-0.05, 0) is 37.5 Å². The van der Waals surface area contributed by atoms with Crippen molar-refractivity contribution in [2.45, 2.75) is 39.7 Å². The summed E-state index contributed by atoms with van der Waals surface area (Å²) in [4.78, 5) is 15.0. The molecule has 2 nitrogen and oxygen atoms in total. The van der Waals surface area contributed by atoms with Gasteiger partial charge in [0, 0.05) is 18.0 Å². The van der Waals surface area contributed by atoms with E-state index in [-0.39, 0.29) is 5.41 Å². The zero-order chi connectivity index (χ0) is 17.9. The van der Waals surface area contributed by atoms with Crippen molar-refractivity contribution in [3.63, 3.8) is 0 Å². The Morgan fingerprint density at radius 1 is 1.00 bits per heavy atom. The van der Waals surface area contributed by atoms with Crippen molar-refractivity contribution >= 4 is 24.4 Å². The third-order valence-electron chi connectivity index (χ3n) is 4.81. The number of likely N-dealkylation sites (tertiary alicyclic amines) is 1. The van der Waals surface area contributed by atoms with Crippen LogP contribution in [0.5, 0.6) is 0 Å². The number of hydrogen-bond donors (Lipinski definition) is 0. The fourth-order valence-corrected chi connectivity index (χ4v) is 6.10. The molecule has 1 aliphatic rings. The molecule has 1 atom stereocenters. The second-order valence-corrected chi connectivity index (χ2v) is 10.1. The van der Waals surface area contributed by atoms with Gasteiger partial charge in [-0.15, -0.1) is 0 Å². The Balaban J connectivity index is 1.87. The number of nitrogens with zero attached hydrogens (tertiary/aromatic N) is 1. The van der Waals surface area contributed by atoms with Gasteiger partial charge >= 0.3 is 0 Å². The zero-order valence-electron chi connectivity index (χ0n) is 15.5. The second-order valence-electron chi connectivity index (χ2n) is 7.83. The Labute approximate surface area is 153 Å². The van der Waals surface area contributed by atoms with E-state index in [2.05, 4.69) is 65.6 Å². The van der Waals surface area contributed by atoms with Gasteiger partial charge in [-0.25, -0.2) is 0 Å². The Morgan fingerprint density at radius 3 is 2.00 bits per heavy atom. The molecule has 0 aromatic heterocycles. The molecule has 0 bridgehead atoms. The van der Waals surface area contributed by atoms with E-state index < -0.39 is 7.92 Å². The molecule has 132 valence electrons.